The summed E-state index contributed by atoms with van der Waals surface area (Å²) in [5.74, 6) is -0.405. The maximum atomic E-state index is 12.5. The van der Waals surface area contributed by atoms with Crippen LogP contribution in [0.4, 0.5) is 5.69 Å². The quantitative estimate of drug-likeness (QED) is 0.637. The SMILES string of the molecule is Cn1c(=O)c2cc(NC(=O)CCC(=O)c3ccc4c(c3)CCCC4)cnc2n(C)c1=O. The molecular weight excluding hydrogens is 396 g/mol. The minimum absolute atomic E-state index is 0.0270. The number of hydrogen-bond donors (Lipinski definition) is 1. The number of fused-ring (bicyclic) bond motifs is 2. The molecule has 31 heavy (non-hydrogen) atoms. The second kappa shape index (κ2) is 8.29. The minimum atomic E-state index is -0.482. The third-order valence-corrected chi connectivity index (χ3v) is 5.83. The van der Waals surface area contributed by atoms with E-state index < -0.39 is 11.2 Å². The predicted octanol–water partition coefficient (Wildman–Crippen LogP) is 2.11. The number of amides is 1. The molecule has 0 radical (unpaired) electrons. The van der Waals surface area contributed by atoms with E-state index in [1.807, 2.05) is 18.2 Å². The summed E-state index contributed by atoms with van der Waals surface area (Å²) in [4.78, 5) is 53.4. The molecule has 2 aromatic heterocycles. The summed E-state index contributed by atoms with van der Waals surface area (Å²) >= 11 is 0. The van der Waals surface area contributed by atoms with Crippen LogP contribution in [-0.4, -0.2) is 25.8 Å². The summed E-state index contributed by atoms with van der Waals surface area (Å²) in [6, 6.07) is 7.32. The van der Waals surface area contributed by atoms with Crippen molar-refractivity contribution in [3.05, 3.63) is 68.0 Å². The molecule has 0 saturated heterocycles. The summed E-state index contributed by atoms with van der Waals surface area (Å²) in [6.45, 7) is 0. The molecule has 1 amide bonds. The monoisotopic (exact) mass is 420 g/mol. The fourth-order valence-corrected chi connectivity index (χ4v) is 4.04. The lowest BCUT2D eigenvalue weighted by molar-refractivity contribution is -0.116. The minimum Gasteiger partial charge on any atom is -0.325 e. The molecule has 0 saturated carbocycles. The largest absolute Gasteiger partial charge is 0.332 e. The topological polar surface area (TPSA) is 103 Å². The van der Waals surface area contributed by atoms with Gasteiger partial charge in [-0.05, 0) is 48.9 Å². The van der Waals surface area contributed by atoms with Gasteiger partial charge in [-0.15, -0.1) is 0 Å². The van der Waals surface area contributed by atoms with Crippen molar-refractivity contribution in [2.24, 2.45) is 14.1 Å². The summed E-state index contributed by atoms with van der Waals surface area (Å²) in [7, 11) is 2.92. The average Bonchev–Trinajstić information content (AvgIpc) is 2.79. The molecule has 4 rings (SSSR count). The van der Waals surface area contributed by atoms with E-state index in [1.54, 1.807) is 0 Å². The number of aromatic nitrogens is 3. The predicted molar refractivity (Wildman–Crippen MR) is 118 cm³/mol. The Bertz CT molecular complexity index is 1320. The molecule has 1 aliphatic carbocycles. The number of carbonyl (C=O) groups is 2. The molecule has 8 heteroatoms. The molecule has 0 spiro atoms. The number of Topliss-reactive ketones (excluding diaryl/α,β-unsaturated/α-hetero) is 1. The van der Waals surface area contributed by atoms with Gasteiger partial charge in [0.15, 0.2) is 5.78 Å². The average molecular weight is 420 g/mol. The van der Waals surface area contributed by atoms with Gasteiger partial charge in [0.05, 0.1) is 17.3 Å². The van der Waals surface area contributed by atoms with Gasteiger partial charge in [0.2, 0.25) is 5.91 Å². The molecule has 0 bridgehead atoms. The molecule has 0 aliphatic heterocycles. The van der Waals surface area contributed by atoms with Crippen LogP contribution in [0.2, 0.25) is 0 Å². The Kier molecular flexibility index (Phi) is 5.54. The maximum absolute atomic E-state index is 12.5. The number of carbonyl (C=O) groups excluding carboxylic acids is 2. The highest BCUT2D eigenvalue weighted by atomic mass is 16.2. The molecule has 1 aromatic carbocycles. The zero-order valence-corrected chi connectivity index (χ0v) is 17.6. The van der Waals surface area contributed by atoms with Gasteiger partial charge in [0, 0.05) is 32.5 Å². The van der Waals surface area contributed by atoms with Gasteiger partial charge in [-0.2, -0.15) is 0 Å². The van der Waals surface area contributed by atoms with Crippen molar-refractivity contribution in [3.8, 4) is 0 Å². The smallest absolute Gasteiger partial charge is 0.325 e. The second-order valence-electron chi connectivity index (χ2n) is 7.96. The van der Waals surface area contributed by atoms with E-state index in [2.05, 4.69) is 10.3 Å². The lowest BCUT2D eigenvalue weighted by Gasteiger charge is -2.16. The van der Waals surface area contributed by atoms with Crippen molar-refractivity contribution < 1.29 is 9.59 Å². The molecule has 8 nitrogen and oxygen atoms in total. The summed E-state index contributed by atoms with van der Waals surface area (Å²) in [6.07, 6.45) is 5.91. The molecule has 2 heterocycles. The van der Waals surface area contributed by atoms with Gasteiger partial charge in [-0.25, -0.2) is 9.78 Å². The van der Waals surface area contributed by atoms with E-state index in [0.717, 1.165) is 23.8 Å². The van der Waals surface area contributed by atoms with Crippen LogP contribution in [-0.2, 0) is 31.7 Å². The van der Waals surface area contributed by atoms with Crippen LogP contribution in [0.5, 0.6) is 0 Å². The number of nitrogens with one attached hydrogen (secondary N) is 1. The zero-order chi connectivity index (χ0) is 22.1. The van der Waals surface area contributed by atoms with Crippen molar-refractivity contribution in [2.45, 2.75) is 38.5 Å². The Balaban J connectivity index is 1.44. The first-order valence-corrected chi connectivity index (χ1v) is 10.4. The van der Waals surface area contributed by atoms with Crippen LogP contribution >= 0.6 is 0 Å². The molecule has 0 atom stereocenters. The van der Waals surface area contributed by atoms with Crippen LogP contribution in [0, 0.1) is 0 Å². The highest BCUT2D eigenvalue weighted by Gasteiger charge is 2.15. The van der Waals surface area contributed by atoms with Crippen LogP contribution in [0.25, 0.3) is 11.0 Å². The van der Waals surface area contributed by atoms with E-state index in [-0.39, 0.29) is 35.6 Å². The maximum Gasteiger partial charge on any atom is 0.332 e. The van der Waals surface area contributed by atoms with Crippen molar-refractivity contribution in [1.29, 1.82) is 0 Å². The number of rotatable bonds is 5. The van der Waals surface area contributed by atoms with Crippen LogP contribution in [0.1, 0.15) is 47.2 Å². The molecule has 0 fully saturated rings. The Morgan fingerprint density at radius 3 is 2.52 bits per heavy atom. The zero-order valence-electron chi connectivity index (χ0n) is 17.6. The Hall–Kier alpha value is -3.55. The van der Waals surface area contributed by atoms with E-state index in [9.17, 15) is 19.2 Å². The van der Waals surface area contributed by atoms with Crippen molar-refractivity contribution in [2.75, 3.05) is 5.32 Å². The molecule has 0 unspecified atom stereocenters. The number of benzene rings is 1. The number of aryl methyl sites for hydroxylation is 3. The first-order valence-electron chi connectivity index (χ1n) is 10.4. The molecule has 3 aromatic rings. The lowest BCUT2D eigenvalue weighted by atomic mass is 9.89. The summed E-state index contributed by atoms with van der Waals surface area (Å²) in [5, 5.41) is 2.91. The Morgan fingerprint density at radius 2 is 1.74 bits per heavy atom. The number of anilines is 1. The Labute approximate surface area is 178 Å². The van der Waals surface area contributed by atoms with E-state index in [4.69, 9.17) is 0 Å². The number of pyridine rings is 1. The molecule has 160 valence electrons. The molecule has 1 N–H and O–H groups in total. The van der Waals surface area contributed by atoms with Crippen molar-refractivity contribution >= 4 is 28.4 Å². The van der Waals surface area contributed by atoms with E-state index in [0.29, 0.717) is 11.3 Å². The molecule has 1 aliphatic rings. The normalized spacial score (nSPS) is 13.1. The number of ketones is 1. The van der Waals surface area contributed by atoms with Crippen LogP contribution in [0.15, 0.2) is 40.1 Å². The Morgan fingerprint density at radius 1 is 1.00 bits per heavy atom. The van der Waals surface area contributed by atoms with E-state index >= 15 is 0 Å². The molecular formula is C23H24N4O4. The van der Waals surface area contributed by atoms with Crippen molar-refractivity contribution in [3.63, 3.8) is 0 Å². The van der Waals surface area contributed by atoms with Crippen LogP contribution in [0.3, 0.4) is 0 Å². The summed E-state index contributed by atoms with van der Waals surface area (Å²) in [5.41, 5.74) is 2.83. The fourth-order valence-electron chi connectivity index (χ4n) is 4.04. The van der Waals surface area contributed by atoms with Gasteiger partial charge in [-0.1, -0.05) is 12.1 Å². The van der Waals surface area contributed by atoms with Gasteiger partial charge >= 0.3 is 5.69 Å². The lowest BCUT2D eigenvalue weighted by Crippen LogP contribution is -2.37. The first kappa shape index (κ1) is 20.7. The van der Waals surface area contributed by atoms with Gasteiger partial charge in [0.25, 0.3) is 5.56 Å². The number of hydrogen-bond acceptors (Lipinski definition) is 5. The number of nitrogens with zero attached hydrogens (tertiary/aromatic N) is 3. The van der Waals surface area contributed by atoms with Crippen molar-refractivity contribution in [1.82, 2.24) is 14.1 Å². The fraction of sp³-hybridized carbons (Fsp3) is 0.348. The third-order valence-electron chi connectivity index (χ3n) is 5.83. The first-order chi connectivity index (χ1) is 14.8. The van der Waals surface area contributed by atoms with Crippen LogP contribution < -0.4 is 16.6 Å². The van der Waals surface area contributed by atoms with E-state index in [1.165, 1.54) is 48.5 Å². The summed E-state index contributed by atoms with van der Waals surface area (Å²) < 4.78 is 2.27. The highest BCUT2D eigenvalue weighted by Crippen LogP contribution is 2.23. The highest BCUT2D eigenvalue weighted by molar-refractivity contribution is 6.00. The van der Waals surface area contributed by atoms with Gasteiger partial charge < -0.3 is 5.32 Å². The van der Waals surface area contributed by atoms with Gasteiger partial charge in [0.1, 0.15) is 5.65 Å². The third kappa shape index (κ3) is 4.05. The van der Waals surface area contributed by atoms with Gasteiger partial charge in [-0.3, -0.25) is 23.5 Å². The standard InChI is InChI=1S/C23H24N4O4/c1-26-21-18(22(30)27(2)23(26)31)12-17(13-24-21)25-20(29)10-9-19(28)16-8-7-14-5-3-4-6-15(14)11-16/h7-8,11-13H,3-6,9-10H2,1-2H3,(H,25,29). The second-order valence-corrected chi connectivity index (χ2v) is 7.96.